The summed E-state index contributed by atoms with van der Waals surface area (Å²) < 4.78 is 26.3. The molecule has 5 nitrogen and oxygen atoms in total. The molecule has 1 atom stereocenters. The standard InChI is InChI=1S/C12H16ClN3O2S/c13-10-3-5-11(6-4-10)19(17,18)16-7-1-2-9(8-16)12(14)15/h3-6,9H,1-2,7-8H2,(H3,14,15). The molecular formula is C12H16ClN3O2S. The third-order valence-electron chi connectivity index (χ3n) is 3.28. The van der Waals surface area contributed by atoms with Gasteiger partial charge in [-0.25, -0.2) is 8.42 Å². The summed E-state index contributed by atoms with van der Waals surface area (Å²) in [5, 5.41) is 7.95. The van der Waals surface area contributed by atoms with E-state index in [-0.39, 0.29) is 23.2 Å². The zero-order valence-electron chi connectivity index (χ0n) is 10.3. The number of benzene rings is 1. The molecule has 1 aliphatic heterocycles. The monoisotopic (exact) mass is 301 g/mol. The molecule has 1 saturated heterocycles. The first-order valence-corrected chi connectivity index (χ1v) is 7.82. The van der Waals surface area contributed by atoms with Crippen molar-refractivity contribution in [2.24, 2.45) is 11.7 Å². The van der Waals surface area contributed by atoms with E-state index in [9.17, 15) is 8.42 Å². The number of hydrogen-bond acceptors (Lipinski definition) is 3. The van der Waals surface area contributed by atoms with Crippen molar-refractivity contribution in [3.8, 4) is 0 Å². The highest BCUT2D eigenvalue weighted by Gasteiger charge is 2.31. The summed E-state index contributed by atoms with van der Waals surface area (Å²) in [6.45, 7) is 0.745. The lowest BCUT2D eigenvalue weighted by atomic mass is 9.99. The summed E-state index contributed by atoms with van der Waals surface area (Å²) in [5.74, 6) is -0.133. The number of sulfonamides is 1. The molecule has 3 N–H and O–H groups in total. The number of nitrogens with zero attached hydrogens (tertiary/aromatic N) is 1. The first kappa shape index (κ1) is 14.3. The average molecular weight is 302 g/mol. The van der Waals surface area contributed by atoms with Crippen molar-refractivity contribution >= 4 is 27.5 Å². The molecule has 1 fully saturated rings. The average Bonchev–Trinajstić information content (AvgIpc) is 2.39. The molecule has 0 aromatic heterocycles. The Morgan fingerprint density at radius 3 is 2.58 bits per heavy atom. The highest BCUT2D eigenvalue weighted by atomic mass is 35.5. The van der Waals surface area contributed by atoms with Gasteiger partial charge >= 0.3 is 0 Å². The third-order valence-corrected chi connectivity index (χ3v) is 5.41. The van der Waals surface area contributed by atoms with Crippen LogP contribution in [0.5, 0.6) is 0 Å². The number of amidine groups is 1. The van der Waals surface area contributed by atoms with E-state index >= 15 is 0 Å². The molecule has 0 radical (unpaired) electrons. The number of halogens is 1. The predicted molar refractivity (Wildman–Crippen MR) is 74.8 cm³/mol. The molecule has 1 aromatic rings. The van der Waals surface area contributed by atoms with Crippen LogP contribution in [0.4, 0.5) is 0 Å². The van der Waals surface area contributed by atoms with Crippen LogP contribution >= 0.6 is 11.6 Å². The van der Waals surface area contributed by atoms with Crippen molar-refractivity contribution in [2.75, 3.05) is 13.1 Å². The van der Waals surface area contributed by atoms with Gasteiger partial charge in [0.25, 0.3) is 0 Å². The minimum Gasteiger partial charge on any atom is -0.387 e. The van der Waals surface area contributed by atoms with Crippen LogP contribution in [0.25, 0.3) is 0 Å². The van der Waals surface area contributed by atoms with Crippen LogP contribution in [0, 0.1) is 11.3 Å². The van der Waals surface area contributed by atoms with Crippen LogP contribution in [-0.4, -0.2) is 31.6 Å². The lowest BCUT2D eigenvalue weighted by molar-refractivity contribution is 0.310. The maximum atomic E-state index is 12.4. The fourth-order valence-corrected chi connectivity index (χ4v) is 3.82. The van der Waals surface area contributed by atoms with Crippen molar-refractivity contribution < 1.29 is 8.42 Å². The smallest absolute Gasteiger partial charge is 0.243 e. The van der Waals surface area contributed by atoms with Crippen molar-refractivity contribution in [2.45, 2.75) is 17.7 Å². The molecule has 1 aliphatic rings. The first-order valence-electron chi connectivity index (χ1n) is 6.01. The fraction of sp³-hybridized carbons (Fsp3) is 0.417. The molecular weight excluding hydrogens is 286 g/mol. The van der Waals surface area contributed by atoms with Crippen LogP contribution in [0.2, 0.25) is 5.02 Å². The second kappa shape index (κ2) is 5.48. The number of rotatable bonds is 3. The summed E-state index contributed by atoms with van der Waals surface area (Å²) in [5.41, 5.74) is 5.48. The predicted octanol–water partition coefficient (Wildman–Crippen LogP) is 1.68. The lowest BCUT2D eigenvalue weighted by Crippen LogP contribution is -2.43. The van der Waals surface area contributed by atoms with Gasteiger partial charge in [-0.3, -0.25) is 5.41 Å². The number of piperidine rings is 1. The van der Waals surface area contributed by atoms with E-state index in [0.717, 1.165) is 12.8 Å². The minimum atomic E-state index is -3.52. The molecule has 0 bridgehead atoms. The van der Waals surface area contributed by atoms with E-state index < -0.39 is 10.0 Å². The van der Waals surface area contributed by atoms with E-state index in [2.05, 4.69) is 0 Å². The molecule has 0 amide bonds. The first-order chi connectivity index (χ1) is 8.91. The van der Waals surface area contributed by atoms with Gasteiger partial charge in [0.2, 0.25) is 10.0 Å². The van der Waals surface area contributed by atoms with E-state index in [0.29, 0.717) is 11.6 Å². The maximum Gasteiger partial charge on any atom is 0.243 e. The van der Waals surface area contributed by atoms with Crippen LogP contribution in [0.3, 0.4) is 0 Å². The fourth-order valence-electron chi connectivity index (χ4n) is 2.17. The van der Waals surface area contributed by atoms with Gasteiger partial charge in [0.05, 0.1) is 10.7 Å². The van der Waals surface area contributed by atoms with E-state index in [1.165, 1.54) is 16.4 Å². The Morgan fingerprint density at radius 2 is 2.00 bits per heavy atom. The largest absolute Gasteiger partial charge is 0.387 e. The normalized spacial score (nSPS) is 21.2. The highest BCUT2D eigenvalue weighted by Crippen LogP contribution is 2.24. The van der Waals surface area contributed by atoms with Crippen LogP contribution in [0.1, 0.15) is 12.8 Å². The molecule has 1 heterocycles. The zero-order valence-corrected chi connectivity index (χ0v) is 11.9. The second-order valence-electron chi connectivity index (χ2n) is 4.61. The molecule has 1 unspecified atom stereocenters. The molecule has 1 aromatic carbocycles. The molecule has 0 saturated carbocycles. The van der Waals surface area contributed by atoms with Crippen molar-refractivity contribution in [3.63, 3.8) is 0 Å². The van der Waals surface area contributed by atoms with Gasteiger partial charge in [0, 0.05) is 24.0 Å². The number of hydrogen-bond donors (Lipinski definition) is 2. The molecule has 2 rings (SSSR count). The van der Waals surface area contributed by atoms with Gasteiger partial charge in [-0.05, 0) is 37.1 Å². The van der Waals surface area contributed by atoms with Gasteiger partial charge in [0.15, 0.2) is 0 Å². The van der Waals surface area contributed by atoms with Crippen molar-refractivity contribution in [1.29, 1.82) is 5.41 Å². The summed E-state index contributed by atoms with van der Waals surface area (Å²) in [6.07, 6.45) is 1.49. The molecule has 0 spiro atoms. The third kappa shape index (κ3) is 3.08. The van der Waals surface area contributed by atoms with E-state index in [1.807, 2.05) is 0 Å². The molecule has 0 aliphatic carbocycles. The summed E-state index contributed by atoms with van der Waals surface area (Å²) in [6, 6.07) is 6.10. The lowest BCUT2D eigenvalue weighted by Gasteiger charge is -2.31. The Kier molecular flexibility index (Phi) is 4.13. The van der Waals surface area contributed by atoms with Gasteiger partial charge in [-0.2, -0.15) is 4.31 Å². The Labute approximate surface area is 117 Å². The highest BCUT2D eigenvalue weighted by molar-refractivity contribution is 7.89. The molecule has 104 valence electrons. The SMILES string of the molecule is N=C(N)C1CCCN(S(=O)(=O)c2ccc(Cl)cc2)C1. The molecule has 7 heteroatoms. The Balaban J connectivity index is 2.24. The number of nitrogens with one attached hydrogen (secondary N) is 1. The van der Waals surface area contributed by atoms with Crippen LogP contribution < -0.4 is 5.73 Å². The topological polar surface area (TPSA) is 87.2 Å². The van der Waals surface area contributed by atoms with Crippen LogP contribution in [0.15, 0.2) is 29.2 Å². The van der Waals surface area contributed by atoms with E-state index in [4.69, 9.17) is 22.7 Å². The Bertz CT molecular complexity index is 571. The second-order valence-corrected chi connectivity index (χ2v) is 6.99. The Hall–Kier alpha value is -1.11. The van der Waals surface area contributed by atoms with Crippen molar-refractivity contribution in [1.82, 2.24) is 4.31 Å². The Morgan fingerprint density at radius 1 is 1.37 bits per heavy atom. The van der Waals surface area contributed by atoms with Gasteiger partial charge in [-0.1, -0.05) is 11.6 Å². The van der Waals surface area contributed by atoms with Gasteiger partial charge < -0.3 is 5.73 Å². The van der Waals surface area contributed by atoms with Crippen LogP contribution in [-0.2, 0) is 10.0 Å². The summed E-state index contributed by atoms with van der Waals surface area (Å²) >= 11 is 5.76. The number of nitrogens with two attached hydrogens (primary N) is 1. The zero-order chi connectivity index (χ0) is 14.0. The summed E-state index contributed by atoms with van der Waals surface area (Å²) in [7, 11) is -3.52. The van der Waals surface area contributed by atoms with E-state index in [1.54, 1.807) is 12.1 Å². The van der Waals surface area contributed by atoms with Crippen molar-refractivity contribution in [3.05, 3.63) is 29.3 Å². The summed E-state index contributed by atoms with van der Waals surface area (Å²) in [4.78, 5) is 0.223. The quantitative estimate of drug-likeness (QED) is 0.657. The van der Waals surface area contributed by atoms with Gasteiger partial charge in [0.1, 0.15) is 0 Å². The molecule has 19 heavy (non-hydrogen) atoms. The minimum absolute atomic E-state index is 0.0519. The van der Waals surface area contributed by atoms with Gasteiger partial charge in [-0.15, -0.1) is 0 Å². The maximum absolute atomic E-state index is 12.4.